The van der Waals surface area contributed by atoms with Gasteiger partial charge in [-0.1, -0.05) is 11.6 Å². The zero-order valence-corrected chi connectivity index (χ0v) is 30.4. The standard InChI is InChI=1S/C28H28ClN9O2.C4F6O2.C2HF3O/c1-37-16-31-14-24(37)27(40)38-7-6-18(15-38)9-25(39)35-23-5-4-20-10-19(23)3-2-17-8-21(12-30-11-17)34-28-32-13-22(29)26(33-20)36-28;5-3(6,7)1(11)2(12)4(8,9)10;3-2(4,5)1-6/h4-5,8,10-14,16,18H,2-3,6-7,9,15H2,1H3,(H,35,39)(H2,32,33,34,36);;1H/t18-;;/m1../s1. The summed E-state index contributed by atoms with van der Waals surface area (Å²) in [6.07, 6.45) is -6.43. The Hall–Kier alpha value is -6.13. The molecule has 2 aliphatic rings. The van der Waals surface area contributed by atoms with Gasteiger partial charge < -0.3 is 25.4 Å². The maximum Gasteiger partial charge on any atom is 0.458 e. The number of halogens is 10. The van der Waals surface area contributed by atoms with Crippen LogP contribution in [-0.4, -0.2) is 90.7 Å². The molecule has 0 radical (unpaired) electrons. The number of carbonyl (C=O) groups excluding carboxylic acids is 5. The first kappa shape index (κ1) is 44.6. The van der Waals surface area contributed by atoms with Crippen molar-refractivity contribution in [2.24, 2.45) is 13.0 Å². The first-order chi connectivity index (χ1) is 27.0. The summed E-state index contributed by atoms with van der Waals surface area (Å²) in [5.74, 6) is -5.97. The van der Waals surface area contributed by atoms with Gasteiger partial charge in [-0.05, 0) is 60.6 Å². The Bertz CT molecular complexity index is 2140. The molecular formula is C34H29ClF9N9O5. The van der Waals surface area contributed by atoms with E-state index in [9.17, 15) is 58.7 Å². The molecule has 5 heterocycles. The number of rotatable bonds is 5. The quantitative estimate of drug-likeness (QED) is 0.116. The number of ketones is 2. The van der Waals surface area contributed by atoms with Gasteiger partial charge in [0.2, 0.25) is 18.1 Å². The van der Waals surface area contributed by atoms with Crippen LogP contribution in [0.5, 0.6) is 0 Å². The Morgan fingerprint density at radius 1 is 0.897 bits per heavy atom. The van der Waals surface area contributed by atoms with Gasteiger partial charge in [0.05, 0.1) is 30.6 Å². The molecule has 0 spiro atoms. The maximum atomic E-state index is 13.1. The molecule has 6 bridgehead atoms. The summed E-state index contributed by atoms with van der Waals surface area (Å²) in [5, 5.41) is 9.96. The van der Waals surface area contributed by atoms with E-state index < -0.39 is 36.4 Å². The molecule has 2 amide bonds. The number of benzene rings is 1. The summed E-state index contributed by atoms with van der Waals surface area (Å²) in [5.41, 5.74) is 4.89. The summed E-state index contributed by atoms with van der Waals surface area (Å²) in [7, 11) is 1.80. The van der Waals surface area contributed by atoms with Gasteiger partial charge in [0, 0.05) is 44.1 Å². The predicted molar refractivity (Wildman–Crippen MR) is 186 cm³/mol. The SMILES string of the molecule is Cn1cncc1C(=O)N1CC[C@H](CC(=O)Nc2ccc3cc2CCc2cncc(c2)Nc2ncc(Cl)c(n2)N3)C1.O=C(C(=O)C(F)(F)F)C(F)(F)F.O=CC(F)(F)F. The van der Waals surface area contributed by atoms with E-state index in [1.807, 2.05) is 30.5 Å². The third kappa shape index (κ3) is 12.7. The molecule has 0 unspecified atom stereocenters. The Morgan fingerprint density at radius 2 is 1.57 bits per heavy atom. The van der Waals surface area contributed by atoms with Crippen LogP contribution in [0.4, 0.5) is 68.3 Å². The van der Waals surface area contributed by atoms with Gasteiger partial charge in [-0.3, -0.25) is 29.0 Å². The van der Waals surface area contributed by atoms with E-state index in [1.165, 1.54) is 0 Å². The molecule has 58 heavy (non-hydrogen) atoms. The van der Waals surface area contributed by atoms with E-state index in [0.29, 0.717) is 48.4 Å². The minimum absolute atomic E-state index is 0.0538. The molecule has 1 saturated heterocycles. The van der Waals surface area contributed by atoms with Crippen LogP contribution in [0.1, 0.15) is 34.5 Å². The summed E-state index contributed by atoms with van der Waals surface area (Å²) < 4.78 is 99.9. The summed E-state index contributed by atoms with van der Waals surface area (Å²) in [4.78, 5) is 72.9. The number of aryl methyl sites for hydroxylation is 3. The van der Waals surface area contributed by atoms with Gasteiger partial charge in [0.15, 0.2) is 5.82 Å². The number of imidazole rings is 1. The molecular weight excluding hydrogens is 821 g/mol. The number of anilines is 5. The molecule has 310 valence electrons. The van der Waals surface area contributed by atoms with Crippen molar-refractivity contribution in [1.82, 2.24) is 29.4 Å². The van der Waals surface area contributed by atoms with Crippen LogP contribution in [0, 0.1) is 5.92 Å². The number of amides is 2. The monoisotopic (exact) mass is 849 g/mol. The Balaban J connectivity index is 0.000000346. The second-order valence-corrected chi connectivity index (χ2v) is 12.9. The van der Waals surface area contributed by atoms with E-state index >= 15 is 0 Å². The Kier molecular flexibility index (Phi) is 14.2. The lowest BCUT2D eigenvalue weighted by atomic mass is 10.0. The molecule has 3 N–H and O–H groups in total. The zero-order chi connectivity index (χ0) is 43.0. The second-order valence-electron chi connectivity index (χ2n) is 12.5. The van der Waals surface area contributed by atoms with E-state index in [-0.39, 0.29) is 17.7 Å². The number of hydrogen-bond acceptors (Lipinski definition) is 11. The summed E-state index contributed by atoms with van der Waals surface area (Å²) >= 11 is 6.37. The highest BCUT2D eigenvalue weighted by molar-refractivity contribution is 6.41. The lowest BCUT2D eigenvalue weighted by Crippen LogP contribution is -2.39. The van der Waals surface area contributed by atoms with Crippen molar-refractivity contribution in [1.29, 1.82) is 0 Å². The normalized spacial score (nSPS) is 14.9. The Morgan fingerprint density at radius 3 is 2.17 bits per heavy atom. The van der Waals surface area contributed by atoms with Crippen LogP contribution in [0.15, 0.2) is 55.4 Å². The number of nitrogens with one attached hydrogen (secondary N) is 3. The zero-order valence-electron chi connectivity index (χ0n) is 29.6. The van der Waals surface area contributed by atoms with E-state index in [2.05, 4.69) is 35.9 Å². The van der Waals surface area contributed by atoms with E-state index in [4.69, 9.17) is 16.4 Å². The fourth-order valence-electron chi connectivity index (χ4n) is 5.38. The number of aldehydes is 1. The van der Waals surface area contributed by atoms with Gasteiger partial charge in [0.1, 0.15) is 10.7 Å². The number of likely N-dealkylation sites (tertiary alicyclic amines) is 1. The first-order valence-corrected chi connectivity index (χ1v) is 16.9. The fourth-order valence-corrected chi connectivity index (χ4v) is 5.52. The molecule has 4 aromatic rings. The molecule has 1 fully saturated rings. The molecule has 14 nitrogen and oxygen atoms in total. The Labute approximate surface area is 326 Å². The average Bonchev–Trinajstić information content (AvgIpc) is 3.80. The molecule has 2 aliphatic heterocycles. The highest BCUT2D eigenvalue weighted by Gasteiger charge is 2.54. The molecule has 6 rings (SSSR count). The van der Waals surface area contributed by atoms with Crippen molar-refractivity contribution in [3.63, 3.8) is 0 Å². The van der Waals surface area contributed by atoms with Crippen LogP contribution in [0.2, 0.25) is 5.02 Å². The number of carbonyl (C=O) groups is 5. The molecule has 3 aromatic heterocycles. The summed E-state index contributed by atoms with van der Waals surface area (Å²) in [6.45, 7) is 1.18. The highest BCUT2D eigenvalue weighted by Crippen LogP contribution is 2.30. The molecule has 0 aliphatic carbocycles. The van der Waals surface area contributed by atoms with Crippen molar-refractivity contribution in [2.45, 2.75) is 44.2 Å². The minimum atomic E-state index is -5.77. The van der Waals surface area contributed by atoms with Crippen molar-refractivity contribution >= 4 is 70.1 Å². The van der Waals surface area contributed by atoms with Gasteiger partial charge in [-0.25, -0.2) is 9.97 Å². The van der Waals surface area contributed by atoms with Crippen LogP contribution in [0.3, 0.4) is 0 Å². The maximum absolute atomic E-state index is 13.1. The van der Waals surface area contributed by atoms with E-state index in [1.54, 1.807) is 41.4 Å². The van der Waals surface area contributed by atoms with Crippen molar-refractivity contribution in [2.75, 3.05) is 29.0 Å². The third-order valence-electron chi connectivity index (χ3n) is 8.06. The molecule has 1 aromatic carbocycles. The van der Waals surface area contributed by atoms with Crippen LogP contribution < -0.4 is 16.0 Å². The minimum Gasteiger partial charge on any atom is -0.339 e. The molecule has 0 saturated carbocycles. The smallest absolute Gasteiger partial charge is 0.339 e. The van der Waals surface area contributed by atoms with Crippen molar-refractivity contribution in [3.8, 4) is 0 Å². The average molecular weight is 850 g/mol. The predicted octanol–water partition coefficient (Wildman–Crippen LogP) is 6.33. The number of pyridine rings is 1. The lowest BCUT2D eigenvalue weighted by molar-refractivity contribution is -0.193. The first-order valence-electron chi connectivity index (χ1n) is 16.5. The largest absolute Gasteiger partial charge is 0.458 e. The molecule has 24 heteroatoms. The van der Waals surface area contributed by atoms with Gasteiger partial charge in [-0.15, -0.1) is 0 Å². The second kappa shape index (κ2) is 18.4. The van der Waals surface area contributed by atoms with Crippen molar-refractivity contribution < 1.29 is 63.5 Å². The van der Waals surface area contributed by atoms with Gasteiger partial charge in [0.25, 0.3) is 5.91 Å². The van der Waals surface area contributed by atoms with Crippen LogP contribution >= 0.6 is 11.6 Å². The lowest BCUT2D eigenvalue weighted by Gasteiger charge is -2.17. The number of aromatic nitrogens is 5. The van der Waals surface area contributed by atoms with Gasteiger partial charge >= 0.3 is 30.1 Å². The van der Waals surface area contributed by atoms with Gasteiger partial charge in [-0.2, -0.15) is 44.5 Å². The molecule has 1 atom stereocenters. The number of nitrogens with zero attached hydrogens (tertiary/aromatic N) is 6. The highest BCUT2D eigenvalue weighted by atomic mass is 35.5. The number of Topliss-reactive ketones (excluding diaryl/α,β-unsaturated/α-hetero) is 2. The van der Waals surface area contributed by atoms with Crippen molar-refractivity contribution in [3.05, 3.63) is 77.2 Å². The van der Waals surface area contributed by atoms with Crippen LogP contribution in [-0.2, 0) is 39.1 Å². The number of alkyl halides is 9. The third-order valence-corrected chi connectivity index (χ3v) is 8.33. The van der Waals surface area contributed by atoms with E-state index in [0.717, 1.165) is 41.0 Å². The summed E-state index contributed by atoms with van der Waals surface area (Å²) in [6, 6.07) is 7.79. The van der Waals surface area contributed by atoms with Crippen LogP contribution in [0.25, 0.3) is 0 Å². The number of fused-ring (bicyclic) bond motifs is 6. The number of hydrogen-bond donors (Lipinski definition) is 3. The fraction of sp³-hybridized carbons (Fsp3) is 0.324. The topological polar surface area (TPSA) is 181 Å².